The molecule has 0 spiro atoms. The van der Waals surface area contributed by atoms with Gasteiger partial charge in [0.1, 0.15) is 5.78 Å². The molecule has 13 heavy (non-hydrogen) atoms. The third kappa shape index (κ3) is 2.97. The Morgan fingerprint density at radius 1 is 1.62 bits per heavy atom. The third-order valence-corrected chi connectivity index (χ3v) is 1.52. The van der Waals surface area contributed by atoms with Crippen LogP contribution in [-0.2, 0) is 11.2 Å². The van der Waals surface area contributed by atoms with Crippen molar-refractivity contribution >= 4 is 11.5 Å². The van der Waals surface area contributed by atoms with E-state index < -0.39 is 0 Å². The van der Waals surface area contributed by atoms with Crippen molar-refractivity contribution < 1.29 is 4.79 Å². The Labute approximate surface area is 75.8 Å². The summed E-state index contributed by atoms with van der Waals surface area (Å²) in [6.07, 6.45) is 0.384. The zero-order chi connectivity index (χ0) is 9.68. The molecule has 0 saturated heterocycles. The second-order valence-electron chi connectivity index (χ2n) is 2.74. The summed E-state index contributed by atoms with van der Waals surface area (Å²) in [6.45, 7) is 1.53. The van der Waals surface area contributed by atoms with Crippen molar-refractivity contribution in [1.82, 2.24) is 0 Å². The number of benzene rings is 1. The Morgan fingerprint density at radius 3 is 3.00 bits per heavy atom. The summed E-state index contributed by atoms with van der Waals surface area (Å²) in [5.41, 5.74) is 9.60. The van der Waals surface area contributed by atoms with Crippen molar-refractivity contribution in [3.8, 4) is 0 Å². The van der Waals surface area contributed by atoms with Crippen molar-refractivity contribution in [2.75, 3.05) is 0 Å². The molecule has 1 aromatic rings. The van der Waals surface area contributed by atoms with Gasteiger partial charge in [0.05, 0.1) is 0 Å². The van der Waals surface area contributed by atoms with Crippen LogP contribution in [-0.4, -0.2) is 5.78 Å². The number of carbonyl (C=O) groups is 1. The van der Waals surface area contributed by atoms with Gasteiger partial charge in [-0.25, -0.2) is 0 Å². The molecule has 0 saturated carbocycles. The highest BCUT2D eigenvalue weighted by Gasteiger charge is 1.97. The maximum atomic E-state index is 10.8. The lowest BCUT2D eigenvalue weighted by Crippen LogP contribution is -1.95. The first kappa shape index (κ1) is 9.29. The van der Waals surface area contributed by atoms with Gasteiger partial charge in [-0.15, -0.1) is 0 Å². The van der Waals surface area contributed by atoms with Crippen LogP contribution >= 0.6 is 0 Å². The lowest BCUT2D eigenvalue weighted by molar-refractivity contribution is -0.116. The van der Waals surface area contributed by atoms with Gasteiger partial charge in [0.15, 0.2) is 0 Å². The number of carbonyl (C=O) groups excluding carboxylic acids is 1. The average molecular weight is 175 g/mol. The summed E-state index contributed by atoms with van der Waals surface area (Å²) in [4.78, 5) is 13.4. The maximum absolute atomic E-state index is 10.8. The number of rotatable bonds is 3. The van der Waals surface area contributed by atoms with Gasteiger partial charge in [0.2, 0.25) is 0 Å². The van der Waals surface area contributed by atoms with E-state index in [1.807, 2.05) is 6.07 Å². The van der Waals surface area contributed by atoms with E-state index >= 15 is 0 Å². The van der Waals surface area contributed by atoms with Crippen LogP contribution in [0.5, 0.6) is 0 Å². The Morgan fingerprint density at radius 2 is 2.38 bits per heavy atom. The first-order chi connectivity index (χ1) is 6.22. The van der Waals surface area contributed by atoms with Crippen LogP contribution in [0.4, 0.5) is 5.69 Å². The number of Topliss-reactive ketones (excluding diaryl/α,β-unsaturated/α-hetero) is 1. The molecule has 4 heteroatoms. The van der Waals surface area contributed by atoms with E-state index in [1.54, 1.807) is 18.2 Å². The van der Waals surface area contributed by atoms with Gasteiger partial charge >= 0.3 is 0 Å². The summed E-state index contributed by atoms with van der Waals surface area (Å²) in [5, 5.41) is 3.44. The van der Waals surface area contributed by atoms with Crippen LogP contribution in [0.1, 0.15) is 12.5 Å². The zero-order valence-electron chi connectivity index (χ0n) is 7.27. The zero-order valence-corrected chi connectivity index (χ0v) is 7.27. The number of hydrogen-bond acceptors (Lipinski definition) is 2. The second-order valence-corrected chi connectivity index (χ2v) is 2.74. The van der Waals surface area contributed by atoms with Crippen molar-refractivity contribution in [1.29, 1.82) is 0 Å². The number of hydrogen-bond donors (Lipinski definition) is 0. The molecule has 4 nitrogen and oxygen atoms in total. The van der Waals surface area contributed by atoms with E-state index in [0.717, 1.165) is 5.56 Å². The minimum absolute atomic E-state index is 0.0955. The van der Waals surface area contributed by atoms with Crippen molar-refractivity contribution in [2.24, 2.45) is 5.11 Å². The molecule has 0 fully saturated rings. The molecule has 0 radical (unpaired) electrons. The summed E-state index contributed by atoms with van der Waals surface area (Å²) in [7, 11) is 0. The highest BCUT2D eigenvalue weighted by Crippen LogP contribution is 2.14. The summed E-state index contributed by atoms with van der Waals surface area (Å²) < 4.78 is 0. The van der Waals surface area contributed by atoms with Gasteiger partial charge in [-0.2, -0.15) is 0 Å². The molecule has 0 aliphatic rings. The molecule has 0 bridgehead atoms. The van der Waals surface area contributed by atoms with Gasteiger partial charge in [-0.1, -0.05) is 23.3 Å². The molecule has 0 atom stereocenters. The summed E-state index contributed by atoms with van der Waals surface area (Å²) in [6, 6.07) is 7.00. The molecule has 66 valence electrons. The molecule has 0 aliphatic carbocycles. The lowest BCUT2D eigenvalue weighted by atomic mass is 10.1. The first-order valence-electron chi connectivity index (χ1n) is 3.86. The minimum Gasteiger partial charge on any atom is -0.300 e. The van der Waals surface area contributed by atoms with Crippen LogP contribution in [0.15, 0.2) is 29.4 Å². The van der Waals surface area contributed by atoms with E-state index in [2.05, 4.69) is 10.0 Å². The van der Waals surface area contributed by atoms with Crippen molar-refractivity contribution in [3.05, 3.63) is 40.3 Å². The normalized spacial score (nSPS) is 9.00. The summed E-state index contributed by atoms with van der Waals surface area (Å²) >= 11 is 0. The molecule has 0 aromatic heterocycles. The largest absolute Gasteiger partial charge is 0.300 e. The molecule has 0 N–H and O–H groups in total. The van der Waals surface area contributed by atoms with E-state index in [0.29, 0.717) is 12.1 Å². The Balaban J connectivity index is 2.91. The predicted octanol–water partition coefficient (Wildman–Crippen LogP) is 2.76. The number of nitrogens with zero attached hydrogens (tertiary/aromatic N) is 3. The topological polar surface area (TPSA) is 65.8 Å². The maximum Gasteiger partial charge on any atom is 0.134 e. The summed E-state index contributed by atoms with van der Waals surface area (Å²) in [5.74, 6) is 0.0955. The molecule has 0 unspecified atom stereocenters. The van der Waals surface area contributed by atoms with E-state index in [9.17, 15) is 4.79 Å². The highest BCUT2D eigenvalue weighted by molar-refractivity contribution is 5.78. The SMILES string of the molecule is CC(=O)Cc1cccc(N=[N+]=[N-])c1. The Hall–Kier alpha value is -1.80. The van der Waals surface area contributed by atoms with E-state index in [4.69, 9.17) is 5.53 Å². The third-order valence-electron chi connectivity index (χ3n) is 1.52. The molecule has 0 aliphatic heterocycles. The van der Waals surface area contributed by atoms with Crippen LogP contribution in [0.3, 0.4) is 0 Å². The second kappa shape index (κ2) is 4.28. The van der Waals surface area contributed by atoms with E-state index in [1.165, 1.54) is 6.92 Å². The van der Waals surface area contributed by atoms with Crippen LogP contribution in [0, 0.1) is 0 Å². The molecule has 1 aromatic carbocycles. The first-order valence-corrected chi connectivity index (χ1v) is 3.86. The van der Waals surface area contributed by atoms with Gasteiger partial charge < -0.3 is 0 Å². The number of ketones is 1. The van der Waals surface area contributed by atoms with E-state index in [-0.39, 0.29) is 5.78 Å². The molecule has 1 rings (SSSR count). The molecule has 0 heterocycles. The van der Waals surface area contributed by atoms with Crippen LogP contribution < -0.4 is 0 Å². The Kier molecular flexibility index (Phi) is 3.06. The minimum atomic E-state index is 0.0955. The fraction of sp³-hybridized carbons (Fsp3) is 0.222. The molecular weight excluding hydrogens is 166 g/mol. The smallest absolute Gasteiger partial charge is 0.134 e. The molecule has 0 amide bonds. The Bertz CT molecular complexity index is 367. The van der Waals surface area contributed by atoms with Crippen molar-refractivity contribution in [3.63, 3.8) is 0 Å². The van der Waals surface area contributed by atoms with Gasteiger partial charge in [0.25, 0.3) is 0 Å². The number of azide groups is 1. The van der Waals surface area contributed by atoms with Crippen LogP contribution in [0.2, 0.25) is 0 Å². The highest BCUT2D eigenvalue weighted by atomic mass is 16.1. The monoisotopic (exact) mass is 175 g/mol. The fourth-order valence-electron chi connectivity index (χ4n) is 1.07. The van der Waals surface area contributed by atoms with Gasteiger partial charge in [-0.3, -0.25) is 4.79 Å². The van der Waals surface area contributed by atoms with Gasteiger partial charge in [-0.05, 0) is 24.1 Å². The average Bonchev–Trinajstić information content (AvgIpc) is 2.04. The molecular formula is C9H9N3O. The van der Waals surface area contributed by atoms with Crippen LogP contribution in [0.25, 0.3) is 10.4 Å². The lowest BCUT2D eigenvalue weighted by Gasteiger charge is -1.97. The standard InChI is InChI=1S/C9H9N3O/c1-7(13)5-8-3-2-4-9(6-8)11-12-10/h2-4,6H,5H2,1H3. The van der Waals surface area contributed by atoms with Gasteiger partial charge in [0, 0.05) is 17.0 Å². The fourth-order valence-corrected chi connectivity index (χ4v) is 1.07. The predicted molar refractivity (Wildman–Crippen MR) is 49.6 cm³/mol. The van der Waals surface area contributed by atoms with Crippen molar-refractivity contribution in [2.45, 2.75) is 13.3 Å². The quantitative estimate of drug-likeness (QED) is 0.395.